The summed E-state index contributed by atoms with van der Waals surface area (Å²) in [6, 6.07) is 5.30. The van der Waals surface area contributed by atoms with Gasteiger partial charge < -0.3 is 9.84 Å². The molecule has 3 aromatic rings. The zero-order valence-corrected chi connectivity index (χ0v) is 18.7. The van der Waals surface area contributed by atoms with Crippen LogP contribution in [-0.4, -0.2) is 28.4 Å². The normalized spacial score (nSPS) is 16.7. The number of nitrogens with zero attached hydrogens (tertiary/aromatic N) is 3. The number of nitrogens with one attached hydrogen (secondary N) is 1. The van der Waals surface area contributed by atoms with E-state index in [4.69, 9.17) is 4.74 Å². The summed E-state index contributed by atoms with van der Waals surface area (Å²) in [5.41, 5.74) is 5.34. The molecular formula is C23H28N4O2S. The lowest BCUT2D eigenvalue weighted by Crippen LogP contribution is -2.28. The van der Waals surface area contributed by atoms with Crippen LogP contribution in [-0.2, 0) is 12.8 Å². The molecule has 6 nitrogen and oxygen atoms in total. The molecule has 0 spiro atoms. The number of aromatic nitrogens is 2. The van der Waals surface area contributed by atoms with Gasteiger partial charge in [0.05, 0.1) is 18.7 Å². The molecule has 2 N–H and O–H groups in total. The molecular weight excluding hydrogens is 396 g/mol. The Morgan fingerprint density at radius 1 is 1.37 bits per heavy atom. The Labute approximate surface area is 181 Å². The number of ether oxygens (including phenoxy) is 1. The average Bonchev–Trinajstić information content (AvgIpc) is 3.13. The van der Waals surface area contributed by atoms with Gasteiger partial charge in [0.1, 0.15) is 11.2 Å². The second kappa shape index (κ2) is 8.22. The zero-order valence-electron chi connectivity index (χ0n) is 17.9. The molecule has 4 rings (SSSR count). The molecule has 0 saturated heterocycles. The number of rotatable bonds is 6. The molecule has 158 valence electrons. The predicted molar refractivity (Wildman–Crippen MR) is 123 cm³/mol. The van der Waals surface area contributed by atoms with Crippen LogP contribution in [0, 0.1) is 11.3 Å². The number of benzene rings is 1. The van der Waals surface area contributed by atoms with Gasteiger partial charge in [0.25, 0.3) is 0 Å². The number of aryl methyl sites for hydroxylation is 1. The summed E-state index contributed by atoms with van der Waals surface area (Å²) < 4.78 is 5.16. The van der Waals surface area contributed by atoms with Gasteiger partial charge in [-0.15, -0.1) is 11.3 Å². The molecule has 0 fully saturated rings. The van der Waals surface area contributed by atoms with Crippen molar-refractivity contribution < 1.29 is 9.84 Å². The lowest BCUT2D eigenvalue weighted by atomic mass is 9.69. The van der Waals surface area contributed by atoms with Crippen molar-refractivity contribution in [1.29, 1.82) is 0 Å². The first-order valence-corrected chi connectivity index (χ1v) is 11.2. The van der Waals surface area contributed by atoms with Gasteiger partial charge in [-0.2, -0.15) is 5.10 Å². The van der Waals surface area contributed by atoms with E-state index >= 15 is 0 Å². The largest absolute Gasteiger partial charge is 0.504 e. The minimum absolute atomic E-state index is 0.0657. The van der Waals surface area contributed by atoms with Crippen LogP contribution in [0.15, 0.2) is 29.6 Å². The quantitative estimate of drug-likeness (QED) is 0.409. The fourth-order valence-electron chi connectivity index (χ4n) is 4.12. The van der Waals surface area contributed by atoms with Gasteiger partial charge in [-0.3, -0.25) is 5.43 Å². The molecule has 0 amide bonds. The summed E-state index contributed by atoms with van der Waals surface area (Å²) in [5.74, 6) is 1.85. The highest BCUT2D eigenvalue weighted by Gasteiger charge is 2.33. The second-order valence-corrected chi connectivity index (χ2v) is 9.54. The fourth-order valence-corrected chi connectivity index (χ4v) is 5.30. The second-order valence-electron chi connectivity index (χ2n) is 8.46. The topological polar surface area (TPSA) is 79.6 Å². The summed E-state index contributed by atoms with van der Waals surface area (Å²) >= 11 is 1.77. The fraction of sp³-hybridized carbons (Fsp3) is 0.435. The van der Waals surface area contributed by atoms with Crippen LogP contribution in [0.3, 0.4) is 0 Å². The molecule has 7 heteroatoms. The van der Waals surface area contributed by atoms with E-state index in [-0.39, 0.29) is 5.75 Å². The van der Waals surface area contributed by atoms with Gasteiger partial charge in [0.2, 0.25) is 0 Å². The summed E-state index contributed by atoms with van der Waals surface area (Å²) in [4.78, 5) is 11.4. The van der Waals surface area contributed by atoms with Gasteiger partial charge in [-0.05, 0) is 48.3 Å². The third kappa shape index (κ3) is 3.74. The number of thiophene rings is 1. The molecule has 30 heavy (non-hydrogen) atoms. The number of methoxy groups -OCH3 is 1. The van der Waals surface area contributed by atoms with Crippen molar-refractivity contribution in [2.45, 2.75) is 46.5 Å². The summed E-state index contributed by atoms with van der Waals surface area (Å²) in [6.07, 6.45) is 7.71. The average molecular weight is 425 g/mol. The van der Waals surface area contributed by atoms with E-state index in [0.29, 0.717) is 28.5 Å². The molecule has 0 unspecified atom stereocenters. The SMILES string of the molecule is CCC(C)(C)[C@H]1CCc2sc3ncnc(N/N=C/c4cccc(OC)c4O)c3c2C1. The van der Waals surface area contributed by atoms with E-state index in [1.54, 1.807) is 36.0 Å². The first-order chi connectivity index (χ1) is 14.4. The summed E-state index contributed by atoms with van der Waals surface area (Å²) in [6.45, 7) is 7.02. The number of aromatic hydroxyl groups is 1. The summed E-state index contributed by atoms with van der Waals surface area (Å²) in [5, 5.41) is 15.7. The lowest BCUT2D eigenvalue weighted by Gasteiger charge is -2.36. The Kier molecular flexibility index (Phi) is 5.64. The van der Waals surface area contributed by atoms with Crippen LogP contribution in [0.25, 0.3) is 10.2 Å². The van der Waals surface area contributed by atoms with Crippen molar-refractivity contribution in [3.05, 3.63) is 40.5 Å². The van der Waals surface area contributed by atoms with Gasteiger partial charge in [0.15, 0.2) is 17.3 Å². The van der Waals surface area contributed by atoms with E-state index < -0.39 is 0 Å². The molecule has 0 bridgehead atoms. The number of hydrazone groups is 1. The molecule has 1 aliphatic carbocycles. The van der Waals surface area contributed by atoms with E-state index in [1.807, 2.05) is 6.07 Å². The number of phenolic OH excluding ortho intramolecular Hbond substituents is 1. The maximum atomic E-state index is 10.2. The highest BCUT2D eigenvalue weighted by atomic mass is 32.1. The minimum atomic E-state index is 0.0657. The molecule has 1 aromatic carbocycles. The van der Waals surface area contributed by atoms with Crippen LogP contribution in [0.4, 0.5) is 5.82 Å². The summed E-state index contributed by atoms with van der Waals surface area (Å²) in [7, 11) is 1.53. The highest BCUT2D eigenvalue weighted by molar-refractivity contribution is 7.19. The smallest absolute Gasteiger partial charge is 0.166 e. The Hall–Kier alpha value is -2.67. The number of para-hydroxylation sites is 1. The van der Waals surface area contributed by atoms with Gasteiger partial charge in [0, 0.05) is 10.4 Å². The Morgan fingerprint density at radius 3 is 2.97 bits per heavy atom. The zero-order chi connectivity index (χ0) is 21.3. The number of fused-ring (bicyclic) bond motifs is 3. The first kappa shape index (κ1) is 20.6. The Bertz CT molecular complexity index is 1090. The van der Waals surface area contributed by atoms with Crippen LogP contribution < -0.4 is 10.2 Å². The van der Waals surface area contributed by atoms with E-state index in [9.17, 15) is 5.11 Å². The molecule has 0 aliphatic heterocycles. The van der Waals surface area contributed by atoms with E-state index in [2.05, 4.69) is 41.3 Å². The number of hydrogen-bond acceptors (Lipinski definition) is 7. The van der Waals surface area contributed by atoms with Crippen LogP contribution >= 0.6 is 11.3 Å². The van der Waals surface area contributed by atoms with Crippen molar-refractivity contribution in [3.63, 3.8) is 0 Å². The van der Waals surface area contributed by atoms with Crippen molar-refractivity contribution in [3.8, 4) is 11.5 Å². The lowest BCUT2D eigenvalue weighted by molar-refractivity contribution is 0.184. The van der Waals surface area contributed by atoms with Crippen molar-refractivity contribution in [2.24, 2.45) is 16.4 Å². The predicted octanol–water partition coefficient (Wildman–Crippen LogP) is 5.39. The van der Waals surface area contributed by atoms with Gasteiger partial charge >= 0.3 is 0 Å². The van der Waals surface area contributed by atoms with E-state index in [1.165, 1.54) is 30.4 Å². The highest BCUT2D eigenvalue weighted by Crippen LogP contribution is 2.45. The first-order valence-electron chi connectivity index (χ1n) is 10.3. The third-order valence-corrected chi connectivity index (χ3v) is 7.68. The standard InChI is InChI=1S/C23H28N4O2S/c1-5-23(2,3)15-9-10-18-16(11-15)19-21(24-13-25-22(19)30-18)27-26-12-14-7-6-8-17(29-4)20(14)28/h6-8,12-13,15,28H,5,9-11H2,1-4H3,(H,24,25,27)/b26-12+/t15-/m0/s1. The monoisotopic (exact) mass is 424 g/mol. The molecule has 2 heterocycles. The molecule has 2 aromatic heterocycles. The number of anilines is 1. The Balaban J connectivity index is 1.64. The molecule has 0 saturated carbocycles. The van der Waals surface area contributed by atoms with Gasteiger partial charge in [-0.25, -0.2) is 9.97 Å². The van der Waals surface area contributed by atoms with Crippen LogP contribution in [0.2, 0.25) is 0 Å². The molecule has 1 aliphatic rings. The van der Waals surface area contributed by atoms with E-state index in [0.717, 1.165) is 23.1 Å². The van der Waals surface area contributed by atoms with Crippen LogP contribution in [0.1, 0.15) is 49.6 Å². The van der Waals surface area contributed by atoms with Crippen molar-refractivity contribution in [1.82, 2.24) is 9.97 Å². The van der Waals surface area contributed by atoms with Crippen molar-refractivity contribution >= 4 is 33.6 Å². The third-order valence-electron chi connectivity index (χ3n) is 6.48. The van der Waals surface area contributed by atoms with Crippen molar-refractivity contribution in [2.75, 3.05) is 12.5 Å². The van der Waals surface area contributed by atoms with Crippen LogP contribution in [0.5, 0.6) is 11.5 Å². The maximum absolute atomic E-state index is 10.2. The molecule has 0 radical (unpaired) electrons. The molecule has 1 atom stereocenters. The Morgan fingerprint density at radius 2 is 2.20 bits per heavy atom. The maximum Gasteiger partial charge on any atom is 0.166 e. The van der Waals surface area contributed by atoms with Gasteiger partial charge in [-0.1, -0.05) is 33.3 Å². The minimum Gasteiger partial charge on any atom is -0.504 e. The number of phenols is 1. The number of hydrogen-bond donors (Lipinski definition) is 2.